The molecule has 5 heteroatoms. The van der Waals surface area contributed by atoms with E-state index in [9.17, 15) is 9.18 Å². The maximum Gasteiger partial charge on any atom is 0.307 e. The molecule has 0 aromatic heterocycles. The molecular formula is C8H5FI2O2. The van der Waals surface area contributed by atoms with Crippen LogP contribution in [0.2, 0.25) is 0 Å². The molecule has 1 rings (SSSR count). The number of benzene rings is 1. The van der Waals surface area contributed by atoms with Gasteiger partial charge in [-0.1, -0.05) is 0 Å². The lowest BCUT2D eigenvalue weighted by Gasteiger charge is -2.02. The topological polar surface area (TPSA) is 37.3 Å². The molecule has 0 aliphatic rings. The van der Waals surface area contributed by atoms with Crippen LogP contribution in [0.25, 0.3) is 0 Å². The van der Waals surface area contributed by atoms with Gasteiger partial charge in [0.2, 0.25) is 0 Å². The third-order valence-corrected chi connectivity index (χ3v) is 4.25. The minimum atomic E-state index is -1.02. The highest BCUT2D eigenvalue weighted by molar-refractivity contribution is 14.1. The van der Waals surface area contributed by atoms with Crippen molar-refractivity contribution >= 4 is 51.2 Å². The molecule has 0 aliphatic carbocycles. The van der Waals surface area contributed by atoms with Crippen LogP contribution >= 0.6 is 45.2 Å². The zero-order valence-electron chi connectivity index (χ0n) is 6.35. The van der Waals surface area contributed by atoms with Gasteiger partial charge in [-0.2, -0.15) is 0 Å². The first-order valence-electron chi connectivity index (χ1n) is 3.36. The molecule has 0 fully saturated rings. The standard InChI is InChI=1S/C8H5FI2O2/c9-5-3-7(11)6(10)1-4(5)2-8(12)13/h1,3H,2H2,(H,12,13). The van der Waals surface area contributed by atoms with Gasteiger partial charge in [0.25, 0.3) is 0 Å². The molecule has 1 aromatic carbocycles. The van der Waals surface area contributed by atoms with E-state index < -0.39 is 11.8 Å². The Labute approximate surface area is 102 Å². The molecule has 0 saturated carbocycles. The van der Waals surface area contributed by atoms with Crippen LogP contribution in [0.5, 0.6) is 0 Å². The summed E-state index contributed by atoms with van der Waals surface area (Å²) in [5, 5.41) is 8.48. The summed E-state index contributed by atoms with van der Waals surface area (Å²) in [4.78, 5) is 10.3. The summed E-state index contributed by atoms with van der Waals surface area (Å²) >= 11 is 4.05. The quantitative estimate of drug-likeness (QED) is 0.606. The van der Waals surface area contributed by atoms with Crippen LogP contribution in [0.4, 0.5) is 4.39 Å². The fourth-order valence-electron chi connectivity index (χ4n) is 0.862. The van der Waals surface area contributed by atoms with E-state index >= 15 is 0 Å². The number of hydrogen-bond donors (Lipinski definition) is 1. The van der Waals surface area contributed by atoms with Gasteiger partial charge in [0.15, 0.2) is 0 Å². The van der Waals surface area contributed by atoms with E-state index in [4.69, 9.17) is 5.11 Å². The first-order chi connectivity index (χ1) is 6.00. The summed E-state index contributed by atoms with van der Waals surface area (Å²) in [6, 6.07) is 2.91. The molecule has 0 heterocycles. The first-order valence-corrected chi connectivity index (χ1v) is 5.51. The predicted octanol–water partition coefficient (Wildman–Crippen LogP) is 2.66. The Morgan fingerprint density at radius 1 is 1.38 bits per heavy atom. The molecule has 1 aromatic rings. The lowest BCUT2D eigenvalue weighted by molar-refractivity contribution is -0.136. The van der Waals surface area contributed by atoms with Crippen LogP contribution in [-0.4, -0.2) is 11.1 Å². The SMILES string of the molecule is O=C(O)Cc1cc(I)c(I)cc1F. The van der Waals surface area contributed by atoms with E-state index in [1.54, 1.807) is 6.07 Å². The van der Waals surface area contributed by atoms with Gasteiger partial charge < -0.3 is 5.11 Å². The minimum absolute atomic E-state index is 0.234. The van der Waals surface area contributed by atoms with E-state index in [2.05, 4.69) is 0 Å². The molecule has 0 atom stereocenters. The number of hydrogen-bond acceptors (Lipinski definition) is 1. The fourth-order valence-corrected chi connectivity index (χ4v) is 1.82. The van der Waals surface area contributed by atoms with Crippen LogP contribution in [0.1, 0.15) is 5.56 Å². The minimum Gasteiger partial charge on any atom is -0.481 e. The molecule has 0 saturated heterocycles. The molecule has 0 bridgehead atoms. The molecule has 0 spiro atoms. The summed E-state index contributed by atoms with van der Waals surface area (Å²) in [5.74, 6) is -1.47. The number of halogens is 3. The average molecular weight is 406 g/mol. The van der Waals surface area contributed by atoms with Crippen molar-refractivity contribution in [2.45, 2.75) is 6.42 Å². The van der Waals surface area contributed by atoms with Gasteiger partial charge >= 0.3 is 5.97 Å². The van der Waals surface area contributed by atoms with Crippen LogP contribution in [0.15, 0.2) is 12.1 Å². The van der Waals surface area contributed by atoms with Crippen molar-refractivity contribution < 1.29 is 14.3 Å². The number of carbonyl (C=O) groups is 1. The first kappa shape index (κ1) is 11.2. The van der Waals surface area contributed by atoms with Crippen molar-refractivity contribution in [1.82, 2.24) is 0 Å². The summed E-state index contributed by atoms with van der Waals surface area (Å²) in [7, 11) is 0. The predicted molar refractivity (Wildman–Crippen MR) is 63.2 cm³/mol. The third-order valence-electron chi connectivity index (χ3n) is 1.43. The molecule has 0 unspecified atom stereocenters. The zero-order valence-corrected chi connectivity index (χ0v) is 10.7. The molecule has 1 N–H and O–H groups in total. The van der Waals surface area contributed by atoms with Crippen LogP contribution in [0.3, 0.4) is 0 Å². The molecule has 13 heavy (non-hydrogen) atoms. The second-order valence-corrected chi connectivity index (χ2v) is 4.75. The number of carboxylic acid groups (broad SMARTS) is 1. The van der Waals surface area contributed by atoms with Gasteiger partial charge in [0.1, 0.15) is 5.82 Å². The second kappa shape index (κ2) is 4.54. The second-order valence-electron chi connectivity index (χ2n) is 2.43. The van der Waals surface area contributed by atoms with Crippen LogP contribution in [0, 0.1) is 13.0 Å². The average Bonchev–Trinajstić information content (AvgIpc) is 1.99. The van der Waals surface area contributed by atoms with E-state index in [1.807, 2.05) is 45.2 Å². The number of rotatable bonds is 2. The molecule has 70 valence electrons. The van der Waals surface area contributed by atoms with Crippen LogP contribution < -0.4 is 0 Å². The smallest absolute Gasteiger partial charge is 0.307 e. The monoisotopic (exact) mass is 406 g/mol. The lowest BCUT2D eigenvalue weighted by Crippen LogP contribution is -2.03. The van der Waals surface area contributed by atoms with Crippen molar-refractivity contribution in [2.24, 2.45) is 0 Å². The van der Waals surface area contributed by atoms with Crippen molar-refractivity contribution in [2.75, 3.05) is 0 Å². The van der Waals surface area contributed by atoms with Crippen molar-refractivity contribution in [3.05, 3.63) is 30.7 Å². The molecule has 0 aliphatic heterocycles. The fraction of sp³-hybridized carbons (Fsp3) is 0.125. The summed E-state index contributed by atoms with van der Waals surface area (Å²) < 4.78 is 14.8. The van der Waals surface area contributed by atoms with Gasteiger partial charge in [-0.3, -0.25) is 4.79 Å². The third kappa shape index (κ3) is 3.04. The summed E-state index contributed by atoms with van der Waals surface area (Å²) in [6.07, 6.45) is -0.265. The van der Waals surface area contributed by atoms with Crippen molar-refractivity contribution in [3.63, 3.8) is 0 Å². The van der Waals surface area contributed by atoms with Crippen molar-refractivity contribution in [1.29, 1.82) is 0 Å². The number of aliphatic carboxylic acids is 1. The van der Waals surface area contributed by atoms with Crippen molar-refractivity contribution in [3.8, 4) is 0 Å². The number of carboxylic acids is 1. The van der Waals surface area contributed by atoms with E-state index in [0.717, 1.165) is 7.14 Å². The van der Waals surface area contributed by atoms with Gasteiger partial charge in [-0.25, -0.2) is 4.39 Å². The Hall–Kier alpha value is 0.0800. The Bertz CT molecular complexity index is 352. The highest BCUT2D eigenvalue weighted by Gasteiger charge is 2.09. The highest BCUT2D eigenvalue weighted by atomic mass is 127. The maximum atomic E-state index is 13.1. The van der Waals surface area contributed by atoms with E-state index in [1.165, 1.54) is 6.07 Å². The highest BCUT2D eigenvalue weighted by Crippen LogP contribution is 2.19. The van der Waals surface area contributed by atoms with E-state index in [-0.39, 0.29) is 12.0 Å². The van der Waals surface area contributed by atoms with Crippen LogP contribution in [-0.2, 0) is 11.2 Å². The van der Waals surface area contributed by atoms with Gasteiger partial charge in [-0.05, 0) is 57.3 Å². The summed E-state index contributed by atoms with van der Waals surface area (Å²) in [5.41, 5.74) is 0.234. The Morgan fingerprint density at radius 2 is 1.92 bits per heavy atom. The van der Waals surface area contributed by atoms with E-state index in [0.29, 0.717) is 0 Å². The largest absolute Gasteiger partial charge is 0.481 e. The Balaban J connectivity index is 3.08. The van der Waals surface area contributed by atoms with Gasteiger partial charge in [-0.15, -0.1) is 0 Å². The zero-order chi connectivity index (χ0) is 10.0. The molecule has 0 radical (unpaired) electrons. The normalized spacial score (nSPS) is 10.1. The lowest BCUT2D eigenvalue weighted by atomic mass is 10.1. The Morgan fingerprint density at radius 3 is 2.46 bits per heavy atom. The maximum absolute atomic E-state index is 13.1. The van der Waals surface area contributed by atoms with Gasteiger partial charge in [0.05, 0.1) is 6.42 Å². The molecule has 0 amide bonds. The molecular weight excluding hydrogens is 401 g/mol. The summed E-state index contributed by atoms with van der Waals surface area (Å²) in [6.45, 7) is 0. The Kier molecular flexibility index (Phi) is 3.89. The molecule has 2 nitrogen and oxygen atoms in total. The van der Waals surface area contributed by atoms with Gasteiger partial charge in [0, 0.05) is 12.7 Å².